The zero-order valence-corrected chi connectivity index (χ0v) is 10.8. The number of carbonyl (C=O) groups excluding carboxylic acids is 2. The first-order valence-corrected chi connectivity index (χ1v) is 5.94. The van der Waals surface area contributed by atoms with Gasteiger partial charge in [-0.05, 0) is 5.92 Å². The minimum Gasteiger partial charge on any atom is -0.469 e. The van der Waals surface area contributed by atoms with Crippen LogP contribution >= 0.6 is 0 Å². The molecule has 0 saturated carbocycles. The summed E-state index contributed by atoms with van der Waals surface area (Å²) in [5, 5.41) is 0. The van der Waals surface area contributed by atoms with Gasteiger partial charge >= 0.3 is 5.97 Å². The molecule has 1 aromatic heterocycles. The molecule has 1 amide bonds. The Kier molecular flexibility index (Phi) is 3.64. The van der Waals surface area contributed by atoms with E-state index < -0.39 is 0 Å². The van der Waals surface area contributed by atoms with Crippen LogP contribution in [0.4, 0.5) is 0 Å². The second kappa shape index (κ2) is 5.21. The molecule has 0 bridgehead atoms. The number of carbonyl (C=O) groups is 2. The van der Waals surface area contributed by atoms with Gasteiger partial charge in [-0.2, -0.15) is 0 Å². The number of aromatic amines is 1. The molecule has 0 aliphatic carbocycles. The van der Waals surface area contributed by atoms with Gasteiger partial charge in [0.1, 0.15) is 5.69 Å². The van der Waals surface area contributed by atoms with Crippen molar-refractivity contribution in [3.05, 3.63) is 28.4 Å². The molecular weight excluding hydrogens is 250 g/mol. The summed E-state index contributed by atoms with van der Waals surface area (Å²) >= 11 is 0. The van der Waals surface area contributed by atoms with Crippen molar-refractivity contribution in [1.29, 1.82) is 0 Å². The lowest BCUT2D eigenvalue weighted by atomic mass is 9.99. The summed E-state index contributed by atoms with van der Waals surface area (Å²) in [7, 11) is 1.34. The molecular formula is C12H15N3O4. The molecule has 7 heteroatoms. The predicted molar refractivity (Wildman–Crippen MR) is 65.4 cm³/mol. The van der Waals surface area contributed by atoms with Crippen LogP contribution in [0.25, 0.3) is 0 Å². The van der Waals surface area contributed by atoms with E-state index in [1.807, 2.05) is 6.92 Å². The number of ether oxygens (including phenoxy) is 1. The van der Waals surface area contributed by atoms with Gasteiger partial charge in [-0.15, -0.1) is 0 Å². The Morgan fingerprint density at radius 1 is 1.47 bits per heavy atom. The van der Waals surface area contributed by atoms with Gasteiger partial charge in [0.05, 0.1) is 19.2 Å². The topological polar surface area (TPSA) is 92.4 Å². The maximum Gasteiger partial charge on any atom is 0.310 e. The van der Waals surface area contributed by atoms with Crippen molar-refractivity contribution in [2.45, 2.75) is 6.92 Å². The van der Waals surface area contributed by atoms with Gasteiger partial charge in [-0.3, -0.25) is 14.4 Å². The van der Waals surface area contributed by atoms with Crippen LogP contribution < -0.4 is 5.56 Å². The maximum absolute atomic E-state index is 12.1. The number of amides is 1. The van der Waals surface area contributed by atoms with E-state index in [0.717, 1.165) is 6.20 Å². The number of nitrogens with zero attached hydrogens (tertiary/aromatic N) is 2. The number of methoxy groups -OCH3 is 1. The summed E-state index contributed by atoms with van der Waals surface area (Å²) in [6.07, 6.45) is 2.34. The Bertz CT molecular complexity index is 534. The standard InChI is InChI=1S/C12H15N3O4/c1-7-5-15(6-8(7)12(18)19-2)11(17)9-3-14-10(16)4-13-9/h3-4,7-8H,5-6H2,1-2H3,(H,14,16). The van der Waals surface area contributed by atoms with Gasteiger partial charge in [0.15, 0.2) is 0 Å². The number of hydrogen-bond donors (Lipinski definition) is 1. The third-order valence-electron chi connectivity index (χ3n) is 3.29. The highest BCUT2D eigenvalue weighted by Gasteiger charge is 2.38. The number of esters is 1. The van der Waals surface area contributed by atoms with Crippen molar-refractivity contribution in [1.82, 2.24) is 14.9 Å². The number of likely N-dealkylation sites (tertiary alicyclic amines) is 1. The third kappa shape index (κ3) is 2.64. The highest BCUT2D eigenvalue weighted by atomic mass is 16.5. The second-order valence-corrected chi connectivity index (χ2v) is 4.61. The predicted octanol–water partition coefficient (Wildman–Crippen LogP) is -0.349. The van der Waals surface area contributed by atoms with Crippen molar-refractivity contribution in [2.75, 3.05) is 20.2 Å². The molecule has 2 rings (SSSR count). The van der Waals surface area contributed by atoms with E-state index in [4.69, 9.17) is 4.74 Å². The number of aromatic nitrogens is 2. The fourth-order valence-electron chi connectivity index (χ4n) is 2.21. The molecule has 102 valence electrons. The molecule has 1 aliphatic heterocycles. The van der Waals surface area contributed by atoms with Gasteiger partial charge < -0.3 is 14.6 Å². The molecule has 1 saturated heterocycles. The molecule has 2 heterocycles. The monoisotopic (exact) mass is 265 g/mol. The average molecular weight is 265 g/mol. The lowest BCUT2D eigenvalue weighted by Gasteiger charge is -2.14. The van der Waals surface area contributed by atoms with Crippen LogP contribution in [0.15, 0.2) is 17.2 Å². The first-order valence-electron chi connectivity index (χ1n) is 5.94. The van der Waals surface area contributed by atoms with Gasteiger partial charge in [-0.25, -0.2) is 4.98 Å². The fraction of sp³-hybridized carbons (Fsp3) is 0.500. The molecule has 1 aromatic rings. The molecule has 0 spiro atoms. The first-order chi connectivity index (χ1) is 9.02. The van der Waals surface area contributed by atoms with Crippen LogP contribution in [-0.4, -0.2) is 46.9 Å². The molecule has 1 fully saturated rings. The maximum atomic E-state index is 12.1. The molecule has 0 radical (unpaired) electrons. The van der Waals surface area contributed by atoms with E-state index in [1.54, 1.807) is 4.90 Å². The van der Waals surface area contributed by atoms with Crippen LogP contribution in [0.2, 0.25) is 0 Å². The van der Waals surface area contributed by atoms with E-state index >= 15 is 0 Å². The smallest absolute Gasteiger partial charge is 0.310 e. The van der Waals surface area contributed by atoms with Crippen LogP contribution in [0.5, 0.6) is 0 Å². The van der Waals surface area contributed by atoms with Crippen molar-refractivity contribution >= 4 is 11.9 Å². The quantitative estimate of drug-likeness (QED) is 0.738. The Labute approximate surface area is 109 Å². The Hall–Kier alpha value is -2.18. The lowest BCUT2D eigenvalue weighted by molar-refractivity contribution is -0.146. The highest BCUT2D eigenvalue weighted by molar-refractivity contribution is 5.92. The van der Waals surface area contributed by atoms with Crippen LogP contribution in [0, 0.1) is 11.8 Å². The fourth-order valence-corrected chi connectivity index (χ4v) is 2.21. The number of H-pyrrole nitrogens is 1. The van der Waals surface area contributed by atoms with Crippen molar-refractivity contribution in [3.8, 4) is 0 Å². The molecule has 7 nitrogen and oxygen atoms in total. The molecule has 2 atom stereocenters. The summed E-state index contributed by atoms with van der Waals surface area (Å²) in [4.78, 5) is 42.3. The first kappa shape index (κ1) is 13.3. The third-order valence-corrected chi connectivity index (χ3v) is 3.29. The summed E-state index contributed by atoms with van der Waals surface area (Å²) in [6, 6.07) is 0. The number of nitrogens with one attached hydrogen (secondary N) is 1. The molecule has 19 heavy (non-hydrogen) atoms. The summed E-state index contributed by atoms with van der Waals surface area (Å²) in [5.41, 5.74) is -0.198. The van der Waals surface area contributed by atoms with Crippen LogP contribution in [0.3, 0.4) is 0 Å². The molecule has 2 unspecified atom stereocenters. The minimum absolute atomic E-state index is 0.0409. The second-order valence-electron chi connectivity index (χ2n) is 4.61. The van der Waals surface area contributed by atoms with Gasteiger partial charge in [0, 0.05) is 19.3 Å². The van der Waals surface area contributed by atoms with E-state index in [0.29, 0.717) is 13.1 Å². The van der Waals surface area contributed by atoms with Crippen molar-refractivity contribution < 1.29 is 14.3 Å². The Balaban J connectivity index is 2.12. The Morgan fingerprint density at radius 2 is 2.21 bits per heavy atom. The van der Waals surface area contributed by atoms with Crippen LogP contribution in [0.1, 0.15) is 17.4 Å². The molecule has 1 N–H and O–H groups in total. The van der Waals surface area contributed by atoms with Gasteiger partial charge in [-0.1, -0.05) is 6.92 Å². The average Bonchev–Trinajstić information content (AvgIpc) is 2.80. The molecule has 1 aliphatic rings. The summed E-state index contributed by atoms with van der Waals surface area (Å²) in [6.45, 7) is 2.68. The summed E-state index contributed by atoms with van der Waals surface area (Å²) in [5.74, 6) is -0.873. The van der Waals surface area contributed by atoms with Crippen molar-refractivity contribution in [3.63, 3.8) is 0 Å². The van der Waals surface area contributed by atoms with Crippen LogP contribution in [-0.2, 0) is 9.53 Å². The van der Waals surface area contributed by atoms with Gasteiger partial charge in [0.25, 0.3) is 11.5 Å². The van der Waals surface area contributed by atoms with E-state index in [1.165, 1.54) is 13.3 Å². The number of hydrogen-bond acceptors (Lipinski definition) is 5. The van der Waals surface area contributed by atoms with Gasteiger partial charge in [0.2, 0.25) is 0 Å². The summed E-state index contributed by atoms with van der Waals surface area (Å²) < 4.78 is 4.71. The van der Waals surface area contributed by atoms with E-state index in [9.17, 15) is 14.4 Å². The lowest BCUT2D eigenvalue weighted by Crippen LogP contribution is -2.31. The normalized spacial score (nSPS) is 22.3. The van der Waals surface area contributed by atoms with E-state index in [2.05, 4.69) is 9.97 Å². The SMILES string of the molecule is COC(=O)C1CN(C(=O)c2c[nH]c(=O)cn2)CC1C. The van der Waals surface area contributed by atoms with E-state index in [-0.39, 0.29) is 35.0 Å². The largest absolute Gasteiger partial charge is 0.469 e. The Morgan fingerprint density at radius 3 is 2.79 bits per heavy atom. The minimum atomic E-state index is -0.362. The zero-order chi connectivity index (χ0) is 14.0. The molecule has 0 aromatic carbocycles. The number of rotatable bonds is 2. The highest BCUT2D eigenvalue weighted by Crippen LogP contribution is 2.24. The van der Waals surface area contributed by atoms with Crippen molar-refractivity contribution in [2.24, 2.45) is 11.8 Å². The zero-order valence-electron chi connectivity index (χ0n) is 10.8.